The highest BCUT2D eigenvalue weighted by atomic mass is 16.2. The van der Waals surface area contributed by atoms with Crippen molar-refractivity contribution in [2.24, 2.45) is 0 Å². The maximum atomic E-state index is 12.6. The molecular weight excluding hydrogens is 334 g/mol. The second-order valence-electron chi connectivity index (χ2n) is 7.25. The SMILES string of the molecule is CCC(C)n1nccc1NC(=O)CCCN1C(=O)NC2(CCCC2)C1=O. The lowest BCUT2D eigenvalue weighted by atomic mass is 9.98. The van der Waals surface area contributed by atoms with E-state index in [1.54, 1.807) is 16.9 Å². The Labute approximate surface area is 153 Å². The molecule has 1 saturated carbocycles. The smallest absolute Gasteiger partial charge is 0.323 e. The molecule has 8 nitrogen and oxygen atoms in total. The van der Waals surface area contributed by atoms with Crippen molar-refractivity contribution in [1.82, 2.24) is 20.0 Å². The molecule has 1 saturated heterocycles. The van der Waals surface area contributed by atoms with Crippen LogP contribution in [0.15, 0.2) is 12.3 Å². The number of nitrogens with zero attached hydrogens (tertiary/aromatic N) is 3. The summed E-state index contributed by atoms with van der Waals surface area (Å²) in [5.74, 6) is 0.400. The van der Waals surface area contributed by atoms with Gasteiger partial charge in [0.2, 0.25) is 5.91 Å². The number of urea groups is 1. The predicted molar refractivity (Wildman–Crippen MR) is 96.5 cm³/mol. The van der Waals surface area contributed by atoms with Gasteiger partial charge in [0.1, 0.15) is 11.4 Å². The van der Waals surface area contributed by atoms with Gasteiger partial charge in [-0.1, -0.05) is 19.8 Å². The number of rotatable bonds is 7. The molecule has 1 atom stereocenters. The van der Waals surface area contributed by atoms with Gasteiger partial charge >= 0.3 is 6.03 Å². The second-order valence-corrected chi connectivity index (χ2v) is 7.25. The lowest BCUT2D eigenvalue weighted by Crippen LogP contribution is -2.44. The van der Waals surface area contributed by atoms with Crippen LogP contribution in [0, 0.1) is 0 Å². The molecule has 0 bridgehead atoms. The molecule has 0 aromatic carbocycles. The van der Waals surface area contributed by atoms with Crippen LogP contribution >= 0.6 is 0 Å². The molecular formula is C18H27N5O3. The van der Waals surface area contributed by atoms with E-state index < -0.39 is 5.54 Å². The number of hydrogen-bond acceptors (Lipinski definition) is 4. The molecule has 1 aliphatic carbocycles. The predicted octanol–water partition coefficient (Wildman–Crippen LogP) is 2.44. The van der Waals surface area contributed by atoms with E-state index in [-0.39, 0.29) is 36.9 Å². The molecule has 26 heavy (non-hydrogen) atoms. The Balaban J connectivity index is 1.49. The molecule has 142 valence electrons. The fraction of sp³-hybridized carbons (Fsp3) is 0.667. The van der Waals surface area contributed by atoms with E-state index in [9.17, 15) is 14.4 Å². The third-order valence-electron chi connectivity index (χ3n) is 5.43. The molecule has 1 aromatic heterocycles. The standard InChI is InChI=1S/C18H27N5O3/c1-3-13(2)23-14(8-11-19-23)20-15(24)7-6-12-22-16(25)18(21-17(22)26)9-4-5-10-18/h8,11,13H,3-7,9-10,12H2,1-2H3,(H,20,24)(H,21,26). The molecule has 1 unspecified atom stereocenters. The Hall–Kier alpha value is -2.38. The summed E-state index contributed by atoms with van der Waals surface area (Å²) in [6.07, 6.45) is 6.63. The van der Waals surface area contributed by atoms with Gasteiger partial charge in [0, 0.05) is 19.0 Å². The molecule has 2 fully saturated rings. The Bertz CT molecular complexity index is 693. The Morgan fingerprint density at radius 3 is 2.81 bits per heavy atom. The number of nitrogens with one attached hydrogen (secondary N) is 2. The van der Waals surface area contributed by atoms with Crippen LogP contribution < -0.4 is 10.6 Å². The van der Waals surface area contributed by atoms with Crippen LogP contribution in [0.2, 0.25) is 0 Å². The van der Waals surface area contributed by atoms with Crippen molar-refractivity contribution in [3.8, 4) is 0 Å². The van der Waals surface area contributed by atoms with Crippen LogP contribution in [0.3, 0.4) is 0 Å². The number of hydrogen-bond donors (Lipinski definition) is 2. The highest BCUT2D eigenvalue weighted by Crippen LogP contribution is 2.35. The summed E-state index contributed by atoms with van der Waals surface area (Å²) in [4.78, 5) is 38.1. The minimum absolute atomic E-state index is 0.129. The van der Waals surface area contributed by atoms with Crippen molar-refractivity contribution < 1.29 is 14.4 Å². The minimum Gasteiger partial charge on any atom is -0.323 e. The summed E-state index contributed by atoms with van der Waals surface area (Å²) in [5, 5.41) is 9.95. The van der Waals surface area contributed by atoms with Crippen LogP contribution in [-0.2, 0) is 9.59 Å². The summed E-state index contributed by atoms with van der Waals surface area (Å²) in [6, 6.07) is 1.65. The maximum Gasteiger partial charge on any atom is 0.325 e. The Morgan fingerprint density at radius 2 is 2.12 bits per heavy atom. The van der Waals surface area contributed by atoms with Crippen molar-refractivity contribution in [3.63, 3.8) is 0 Å². The van der Waals surface area contributed by atoms with Crippen LogP contribution in [0.5, 0.6) is 0 Å². The summed E-state index contributed by atoms with van der Waals surface area (Å²) in [5.41, 5.74) is -0.678. The topological polar surface area (TPSA) is 96.3 Å². The lowest BCUT2D eigenvalue weighted by Gasteiger charge is -2.20. The molecule has 4 amide bonds. The highest BCUT2D eigenvalue weighted by molar-refractivity contribution is 6.07. The van der Waals surface area contributed by atoms with Crippen LogP contribution in [-0.4, -0.2) is 44.6 Å². The monoisotopic (exact) mass is 361 g/mol. The van der Waals surface area contributed by atoms with Gasteiger partial charge in [-0.05, 0) is 32.6 Å². The quantitative estimate of drug-likeness (QED) is 0.729. The van der Waals surface area contributed by atoms with E-state index in [1.807, 2.05) is 6.92 Å². The van der Waals surface area contributed by atoms with Crippen molar-refractivity contribution >= 4 is 23.7 Å². The van der Waals surface area contributed by atoms with Crippen LogP contribution in [0.25, 0.3) is 0 Å². The first-order valence-corrected chi connectivity index (χ1v) is 9.44. The zero-order valence-electron chi connectivity index (χ0n) is 15.5. The van der Waals surface area contributed by atoms with E-state index >= 15 is 0 Å². The zero-order chi connectivity index (χ0) is 18.7. The van der Waals surface area contributed by atoms with Crippen molar-refractivity contribution in [3.05, 3.63) is 12.3 Å². The van der Waals surface area contributed by atoms with Gasteiger partial charge in [-0.25, -0.2) is 9.48 Å². The first kappa shape index (κ1) is 18.4. The number of carbonyl (C=O) groups excluding carboxylic acids is 3. The highest BCUT2D eigenvalue weighted by Gasteiger charge is 2.51. The first-order valence-electron chi connectivity index (χ1n) is 9.44. The number of amides is 4. The fourth-order valence-electron chi connectivity index (χ4n) is 3.74. The van der Waals surface area contributed by atoms with E-state index in [0.717, 1.165) is 19.3 Å². The summed E-state index contributed by atoms with van der Waals surface area (Å²) in [6.45, 7) is 4.37. The Kier molecular flexibility index (Phi) is 5.29. The summed E-state index contributed by atoms with van der Waals surface area (Å²) in [7, 11) is 0. The molecule has 1 spiro atoms. The average Bonchev–Trinajstić information content (AvgIpc) is 3.31. The largest absolute Gasteiger partial charge is 0.325 e. The second kappa shape index (κ2) is 7.47. The lowest BCUT2D eigenvalue weighted by molar-refractivity contribution is -0.131. The van der Waals surface area contributed by atoms with Gasteiger partial charge in [0.25, 0.3) is 5.91 Å². The van der Waals surface area contributed by atoms with E-state index in [0.29, 0.717) is 25.1 Å². The van der Waals surface area contributed by atoms with Crippen molar-refractivity contribution in [2.75, 3.05) is 11.9 Å². The van der Waals surface area contributed by atoms with Crippen molar-refractivity contribution in [1.29, 1.82) is 0 Å². The average molecular weight is 361 g/mol. The van der Waals surface area contributed by atoms with E-state index in [1.165, 1.54) is 4.90 Å². The van der Waals surface area contributed by atoms with Gasteiger partial charge in [-0.2, -0.15) is 5.10 Å². The number of imide groups is 1. The van der Waals surface area contributed by atoms with Gasteiger partial charge in [0.05, 0.1) is 12.2 Å². The number of carbonyl (C=O) groups is 3. The Morgan fingerprint density at radius 1 is 1.38 bits per heavy atom. The minimum atomic E-state index is -0.678. The molecule has 1 aliphatic heterocycles. The van der Waals surface area contributed by atoms with Gasteiger partial charge in [-0.15, -0.1) is 0 Å². The third kappa shape index (κ3) is 3.45. The molecule has 3 rings (SSSR count). The maximum absolute atomic E-state index is 12.6. The molecule has 2 aliphatic rings. The molecule has 8 heteroatoms. The third-order valence-corrected chi connectivity index (χ3v) is 5.43. The van der Waals surface area contributed by atoms with Gasteiger partial charge in [-0.3, -0.25) is 14.5 Å². The fourth-order valence-corrected chi connectivity index (χ4v) is 3.74. The van der Waals surface area contributed by atoms with Gasteiger partial charge < -0.3 is 10.6 Å². The van der Waals surface area contributed by atoms with E-state index in [2.05, 4.69) is 22.7 Å². The molecule has 1 aromatic rings. The van der Waals surface area contributed by atoms with Crippen LogP contribution in [0.1, 0.15) is 64.8 Å². The summed E-state index contributed by atoms with van der Waals surface area (Å²) >= 11 is 0. The first-order chi connectivity index (χ1) is 12.5. The van der Waals surface area contributed by atoms with Gasteiger partial charge in [0.15, 0.2) is 0 Å². The normalized spacial score (nSPS) is 19.8. The van der Waals surface area contributed by atoms with Crippen molar-refractivity contribution in [2.45, 2.75) is 70.4 Å². The van der Waals surface area contributed by atoms with E-state index in [4.69, 9.17) is 0 Å². The molecule has 2 heterocycles. The molecule has 0 radical (unpaired) electrons. The zero-order valence-corrected chi connectivity index (χ0v) is 15.5. The molecule has 2 N–H and O–H groups in total. The van der Waals surface area contributed by atoms with Crippen LogP contribution in [0.4, 0.5) is 10.6 Å². The number of aromatic nitrogens is 2. The summed E-state index contributed by atoms with van der Waals surface area (Å²) < 4.78 is 1.79. The number of anilines is 1.